The average molecular weight is 385 g/mol. The van der Waals surface area contributed by atoms with Crippen LogP contribution in [0.1, 0.15) is 24.2 Å². The second-order valence-corrected chi connectivity index (χ2v) is 7.57. The number of anilines is 1. The van der Waals surface area contributed by atoms with E-state index in [4.69, 9.17) is 11.6 Å². The second-order valence-electron chi connectivity index (χ2n) is 5.20. The molecule has 8 heteroatoms. The van der Waals surface area contributed by atoms with Gasteiger partial charge in [0.25, 0.3) is 5.91 Å². The molecule has 25 heavy (non-hydrogen) atoms. The number of rotatable bonds is 6. The summed E-state index contributed by atoms with van der Waals surface area (Å²) in [6.45, 7) is 4.17. The van der Waals surface area contributed by atoms with Crippen LogP contribution in [0.15, 0.2) is 47.4 Å². The minimum Gasteiger partial charge on any atom is -0.322 e. The van der Waals surface area contributed by atoms with Gasteiger partial charge in [-0.15, -0.1) is 0 Å². The summed E-state index contributed by atoms with van der Waals surface area (Å²) in [6, 6.07) is 9.56. The zero-order valence-electron chi connectivity index (χ0n) is 13.8. The largest absolute Gasteiger partial charge is 0.322 e. The van der Waals surface area contributed by atoms with Gasteiger partial charge in [-0.2, -0.15) is 4.31 Å². The van der Waals surface area contributed by atoms with Crippen LogP contribution in [0.5, 0.6) is 0 Å². The van der Waals surface area contributed by atoms with Crippen molar-refractivity contribution >= 4 is 33.2 Å². The Hall–Kier alpha value is -1.96. The Morgan fingerprint density at radius 3 is 2.44 bits per heavy atom. The number of amides is 1. The van der Waals surface area contributed by atoms with E-state index in [1.165, 1.54) is 40.7 Å². The molecule has 0 saturated carbocycles. The number of nitrogens with zero attached hydrogens (tertiary/aromatic N) is 1. The Labute approximate surface area is 151 Å². The lowest BCUT2D eigenvalue weighted by molar-refractivity contribution is 0.102. The molecule has 2 aromatic rings. The summed E-state index contributed by atoms with van der Waals surface area (Å²) in [5, 5.41) is 2.68. The highest BCUT2D eigenvalue weighted by Gasteiger charge is 2.22. The van der Waals surface area contributed by atoms with Gasteiger partial charge in [0, 0.05) is 23.8 Å². The average Bonchev–Trinajstić information content (AvgIpc) is 2.55. The van der Waals surface area contributed by atoms with E-state index in [1.54, 1.807) is 13.8 Å². The first-order valence-electron chi connectivity index (χ1n) is 7.66. The molecule has 5 nitrogen and oxygen atoms in total. The van der Waals surface area contributed by atoms with Crippen LogP contribution in [0.25, 0.3) is 0 Å². The molecular formula is C17H18ClFN2O3S. The number of sulfonamides is 1. The Kier molecular flexibility index (Phi) is 6.16. The van der Waals surface area contributed by atoms with Gasteiger partial charge in [0.1, 0.15) is 5.82 Å². The molecule has 0 radical (unpaired) electrons. The second kappa shape index (κ2) is 7.95. The zero-order chi connectivity index (χ0) is 18.6. The van der Waals surface area contributed by atoms with Crippen molar-refractivity contribution in [3.63, 3.8) is 0 Å². The zero-order valence-corrected chi connectivity index (χ0v) is 15.4. The Morgan fingerprint density at radius 2 is 1.84 bits per heavy atom. The van der Waals surface area contributed by atoms with Gasteiger partial charge in [-0.1, -0.05) is 31.5 Å². The lowest BCUT2D eigenvalue weighted by atomic mass is 10.2. The Morgan fingerprint density at radius 1 is 1.16 bits per heavy atom. The first-order chi connectivity index (χ1) is 11.8. The van der Waals surface area contributed by atoms with Crippen molar-refractivity contribution < 1.29 is 17.6 Å². The van der Waals surface area contributed by atoms with Crippen molar-refractivity contribution in [2.45, 2.75) is 18.7 Å². The van der Waals surface area contributed by atoms with E-state index in [0.717, 1.165) is 6.07 Å². The molecule has 0 unspecified atom stereocenters. The number of benzene rings is 2. The van der Waals surface area contributed by atoms with Crippen molar-refractivity contribution in [1.29, 1.82) is 0 Å². The lowest BCUT2D eigenvalue weighted by Crippen LogP contribution is -2.30. The maximum Gasteiger partial charge on any atom is 0.258 e. The van der Waals surface area contributed by atoms with E-state index in [1.807, 2.05) is 0 Å². The van der Waals surface area contributed by atoms with Gasteiger partial charge >= 0.3 is 0 Å². The van der Waals surface area contributed by atoms with Crippen molar-refractivity contribution in [1.82, 2.24) is 4.31 Å². The van der Waals surface area contributed by atoms with Gasteiger partial charge in [-0.05, 0) is 36.4 Å². The minimum atomic E-state index is -3.65. The molecule has 0 aliphatic carbocycles. The summed E-state index contributed by atoms with van der Waals surface area (Å²) in [5.74, 6) is -1.44. The summed E-state index contributed by atoms with van der Waals surface area (Å²) >= 11 is 5.67. The molecule has 2 rings (SSSR count). The molecule has 0 aliphatic rings. The van der Waals surface area contributed by atoms with Crippen molar-refractivity contribution in [3.8, 4) is 0 Å². The predicted octanol–water partition coefficient (Wildman–Crippen LogP) is 3.76. The quantitative estimate of drug-likeness (QED) is 0.824. The number of hydrogen-bond acceptors (Lipinski definition) is 3. The van der Waals surface area contributed by atoms with E-state index in [2.05, 4.69) is 5.32 Å². The van der Waals surface area contributed by atoms with Gasteiger partial charge in [0.15, 0.2) is 0 Å². The number of carbonyl (C=O) groups is 1. The standard InChI is InChI=1S/C17H18ClFN2O3S/c1-3-21(4-2)25(23,24)14-7-5-6-13(11-14)20-17(22)15-9-8-12(18)10-16(15)19/h5-11H,3-4H2,1-2H3,(H,20,22). The highest BCUT2D eigenvalue weighted by atomic mass is 35.5. The van der Waals surface area contributed by atoms with Gasteiger partial charge < -0.3 is 5.32 Å². The molecular weight excluding hydrogens is 367 g/mol. The molecule has 0 saturated heterocycles. The molecule has 0 aliphatic heterocycles. The summed E-state index contributed by atoms with van der Waals surface area (Å²) in [6.07, 6.45) is 0. The molecule has 0 atom stereocenters. The molecule has 0 aromatic heterocycles. The fourth-order valence-electron chi connectivity index (χ4n) is 2.32. The molecule has 0 heterocycles. The summed E-state index contributed by atoms with van der Waals surface area (Å²) in [4.78, 5) is 12.3. The van der Waals surface area contributed by atoms with Crippen LogP contribution in [0.4, 0.5) is 10.1 Å². The SMILES string of the molecule is CCN(CC)S(=O)(=O)c1cccc(NC(=O)c2ccc(Cl)cc2F)c1. The maximum absolute atomic E-state index is 13.8. The van der Waals surface area contributed by atoms with Crippen molar-refractivity contribution in [3.05, 3.63) is 58.9 Å². The first-order valence-corrected chi connectivity index (χ1v) is 9.48. The molecule has 0 bridgehead atoms. The van der Waals surface area contributed by atoms with E-state index < -0.39 is 21.7 Å². The Balaban J connectivity index is 2.29. The van der Waals surface area contributed by atoms with E-state index in [0.29, 0.717) is 13.1 Å². The highest BCUT2D eigenvalue weighted by molar-refractivity contribution is 7.89. The lowest BCUT2D eigenvalue weighted by Gasteiger charge is -2.18. The fraction of sp³-hybridized carbons (Fsp3) is 0.235. The maximum atomic E-state index is 13.8. The topological polar surface area (TPSA) is 66.5 Å². The molecule has 2 aromatic carbocycles. The van der Waals surface area contributed by atoms with Crippen molar-refractivity contribution in [2.75, 3.05) is 18.4 Å². The predicted molar refractivity (Wildman–Crippen MR) is 95.9 cm³/mol. The fourth-order valence-corrected chi connectivity index (χ4v) is 3.98. The minimum absolute atomic E-state index is 0.0607. The number of nitrogens with one attached hydrogen (secondary N) is 1. The summed E-state index contributed by atoms with van der Waals surface area (Å²) in [5.41, 5.74) is 0.0778. The highest BCUT2D eigenvalue weighted by Crippen LogP contribution is 2.21. The normalized spacial score (nSPS) is 11.6. The summed E-state index contributed by atoms with van der Waals surface area (Å²) < 4.78 is 40.2. The third-order valence-corrected chi connectivity index (χ3v) is 5.89. The van der Waals surface area contributed by atoms with Gasteiger partial charge in [0.2, 0.25) is 10.0 Å². The van der Waals surface area contributed by atoms with Gasteiger partial charge in [-0.3, -0.25) is 4.79 Å². The van der Waals surface area contributed by atoms with Crippen LogP contribution in [0.3, 0.4) is 0 Å². The third kappa shape index (κ3) is 4.36. The van der Waals surface area contributed by atoms with Crippen LogP contribution in [0.2, 0.25) is 5.02 Å². The Bertz CT molecular complexity index is 883. The van der Waals surface area contributed by atoms with Crippen molar-refractivity contribution in [2.24, 2.45) is 0 Å². The van der Waals surface area contributed by atoms with Crippen LogP contribution < -0.4 is 5.32 Å². The van der Waals surface area contributed by atoms with E-state index in [9.17, 15) is 17.6 Å². The van der Waals surface area contributed by atoms with Crippen LogP contribution >= 0.6 is 11.6 Å². The molecule has 0 spiro atoms. The number of carbonyl (C=O) groups excluding carboxylic acids is 1. The molecule has 1 amide bonds. The molecule has 0 fully saturated rings. The molecule has 134 valence electrons. The van der Waals surface area contributed by atoms with Crippen LogP contribution in [-0.4, -0.2) is 31.7 Å². The summed E-state index contributed by atoms with van der Waals surface area (Å²) in [7, 11) is -3.65. The monoisotopic (exact) mass is 384 g/mol. The first kappa shape index (κ1) is 19.4. The van der Waals surface area contributed by atoms with E-state index >= 15 is 0 Å². The van der Waals surface area contributed by atoms with Crippen LogP contribution in [0, 0.1) is 5.82 Å². The number of halogens is 2. The number of hydrogen-bond donors (Lipinski definition) is 1. The van der Waals surface area contributed by atoms with E-state index in [-0.39, 0.29) is 21.2 Å². The van der Waals surface area contributed by atoms with Crippen LogP contribution in [-0.2, 0) is 10.0 Å². The smallest absolute Gasteiger partial charge is 0.258 e. The third-order valence-electron chi connectivity index (χ3n) is 3.61. The van der Waals surface area contributed by atoms with Gasteiger partial charge in [0.05, 0.1) is 10.5 Å². The molecule has 1 N–H and O–H groups in total. The van der Waals surface area contributed by atoms with Gasteiger partial charge in [-0.25, -0.2) is 12.8 Å².